The lowest BCUT2D eigenvalue weighted by Crippen LogP contribution is -2.53. The maximum absolute atomic E-state index is 13.2. The van der Waals surface area contributed by atoms with Crippen LogP contribution in [0.1, 0.15) is 36.3 Å². The number of nitriles is 1. The first-order valence-corrected chi connectivity index (χ1v) is 12.7. The van der Waals surface area contributed by atoms with Crippen LogP contribution >= 0.6 is 11.8 Å². The van der Waals surface area contributed by atoms with E-state index in [1.54, 1.807) is 0 Å². The number of carboxylic acid groups (broad SMARTS) is 1. The molecule has 2 atom stereocenters. The predicted molar refractivity (Wildman–Crippen MR) is 132 cm³/mol. The van der Waals surface area contributed by atoms with E-state index < -0.39 is 23.4 Å². The van der Waals surface area contributed by atoms with Gasteiger partial charge in [-0.25, -0.2) is 4.79 Å². The summed E-state index contributed by atoms with van der Waals surface area (Å²) in [5.41, 5.74) is 4.43. The van der Waals surface area contributed by atoms with Crippen LogP contribution in [0.25, 0.3) is 11.1 Å². The average molecular weight is 494 g/mol. The molecule has 35 heavy (non-hydrogen) atoms. The molecule has 0 saturated carbocycles. The Morgan fingerprint density at radius 3 is 2.43 bits per heavy atom. The van der Waals surface area contributed by atoms with Gasteiger partial charge in [0.1, 0.15) is 17.9 Å². The Balaban J connectivity index is 1.41. The Morgan fingerprint density at radius 1 is 1.14 bits per heavy atom. The van der Waals surface area contributed by atoms with Gasteiger partial charge in [0.25, 0.3) is 0 Å². The van der Waals surface area contributed by atoms with Crippen LogP contribution < -0.4 is 5.32 Å². The van der Waals surface area contributed by atoms with Crippen LogP contribution in [0.5, 0.6) is 0 Å². The molecule has 2 amide bonds. The zero-order valence-electron chi connectivity index (χ0n) is 19.2. The third-order valence-electron chi connectivity index (χ3n) is 6.37. The minimum absolute atomic E-state index is 0.0833. The van der Waals surface area contributed by atoms with Gasteiger partial charge in [0, 0.05) is 31.2 Å². The molecule has 2 unspecified atom stereocenters. The maximum Gasteiger partial charge on any atom is 0.407 e. The molecule has 8 nitrogen and oxygen atoms in total. The molecule has 2 aliphatic rings. The zero-order valence-corrected chi connectivity index (χ0v) is 20.0. The number of benzene rings is 2. The molecule has 9 heteroatoms. The van der Waals surface area contributed by atoms with Crippen molar-refractivity contribution in [3.8, 4) is 17.2 Å². The highest BCUT2D eigenvalue weighted by atomic mass is 32.2. The predicted octanol–water partition coefficient (Wildman–Crippen LogP) is 3.62. The number of carbonyl (C=O) groups excluding carboxylic acids is 2. The van der Waals surface area contributed by atoms with Crippen LogP contribution in [0.4, 0.5) is 4.79 Å². The summed E-state index contributed by atoms with van der Waals surface area (Å²) < 4.78 is 5.59. The van der Waals surface area contributed by atoms with Crippen molar-refractivity contribution >= 4 is 29.7 Å². The van der Waals surface area contributed by atoms with Gasteiger partial charge >= 0.3 is 12.1 Å². The van der Waals surface area contributed by atoms with Crippen molar-refractivity contribution in [3.05, 3.63) is 59.7 Å². The van der Waals surface area contributed by atoms with Crippen molar-refractivity contribution in [2.24, 2.45) is 0 Å². The first kappa shape index (κ1) is 24.6. The lowest BCUT2D eigenvalue weighted by molar-refractivity contribution is -0.138. The summed E-state index contributed by atoms with van der Waals surface area (Å²) >= 11 is 1.30. The van der Waals surface area contributed by atoms with E-state index in [0.29, 0.717) is 18.7 Å². The second-order valence-electron chi connectivity index (χ2n) is 8.55. The van der Waals surface area contributed by atoms with Gasteiger partial charge in [-0.15, -0.1) is 11.8 Å². The summed E-state index contributed by atoms with van der Waals surface area (Å²) in [5, 5.41) is 20.2. The summed E-state index contributed by atoms with van der Waals surface area (Å²) in [6, 6.07) is 17.2. The molecule has 0 radical (unpaired) electrons. The van der Waals surface area contributed by atoms with E-state index in [1.165, 1.54) is 16.7 Å². The first-order valence-electron chi connectivity index (χ1n) is 11.6. The molecule has 2 aromatic carbocycles. The van der Waals surface area contributed by atoms with Gasteiger partial charge in [0.05, 0.1) is 6.07 Å². The number of aliphatic carboxylic acids is 1. The molecule has 0 spiro atoms. The number of hydrogen-bond acceptors (Lipinski definition) is 6. The van der Waals surface area contributed by atoms with Gasteiger partial charge in [0.15, 0.2) is 0 Å². The van der Waals surface area contributed by atoms with Crippen molar-refractivity contribution in [1.82, 2.24) is 10.2 Å². The number of thioether (sulfide) groups is 1. The summed E-state index contributed by atoms with van der Waals surface area (Å²) in [6.07, 6.45) is 0.256. The fourth-order valence-corrected chi connectivity index (χ4v) is 5.68. The lowest BCUT2D eigenvalue weighted by atomic mass is 9.98. The summed E-state index contributed by atoms with van der Waals surface area (Å²) in [6.45, 7) is 0.620. The van der Waals surface area contributed by atoms with Gasteiger partial charge in [-0.1, -0.05) is 48.5 Å². The maximum atomic E-state index is 13.2. The molecule has 2 aromatic rings. The summed E-state index contributed by atoms with van der Waals surface area (Å²) in [5.74, 6) is -0.893. The van der Waals surface area contributed by atoms with Crippen molar-refractivity contribution in [1.29, 1.82) is 5.26 Å². The third-order valence-corrected chi connectivity index (χ3v) is 7.54. The normalized spacial score (nSPS) is 17.6. The van der Waals surface area contributed by atoms with Crippen LogP contribution in [0.15, 0.2) is 48.5 Å². The average Bonchev–Trinajstić information content (AvgIpc) is 3.20. The lowest BCUT2D eigenvalue weighted by Gasteiger charge is -2.33. The van der Waals surface area contributed by atoms with E-state index in [2.05, 4.69) is 17.4 Å². The zero-order chi connectivity index (χ0) is 24.8. The number of hydrogen-bond donors (Lipinski definition) is 2. The molecule has 1 aliphatic heterocycles. The monoisotopic (exact) mass is 493 g/mol. The molecule has 1 fully saturated rings. The van der Waals surface area contributed by atoms with E-state index in [9.17, 15) is 19.5 Å². The fraction of sp³-hybridized carbons (Fsp3) is 0.385. The minimum atomic E-state index is -0.960. The number of fused-ring (bicyclic) bond motifs is 3. The van der Waals surface area contributed by atoms with E-state index in [0.717, 1.165) is 22.3 Å². The van der Waals surface area contributed by atoms with E-state index in [1.807, 2.05) is 42.5 Å². The Hall–Kier alpha value is -3.51. The van der Waals surface area contributed by atoms with Gasteiger partial charge < -0.3 is 20.1 Å². The molecule has 1 saturated heterocycles. The summed E-state index contributed by atoms with van der Waals surface area (Å²) in [7, 11) is 0. The molecule has 4 rings (SSSR count). The third kappa shape index (κ3) is 5.60. The van der Waals surface area contributed by atoms with Gasteiger partial charge in [-0.3, -0.25) is 9.59 Å². The van der Waals surface area contributed by atoms with Gasteiger partial charge in [0.2, 0.25) is 5.91 Å². The van der Waals surface area contributed by atoms with E-state index in [4.69, 9.17) is 10.00 Å². The standard InChI is InChI=1S/C26H27N3O5S/c27-12-6-5-11-22(24(30)29-13-14-35-23(15-29)25(31)32)28-26(33)34-16-21-19-9-3-1-7-17(19)18-8-2-4-10-20(18)21/h1-4,7-10,21-23H,5-6,11,13-16H2,(H,28,33)(H,31,32). The van der Waals surface area contributed by atoms with Crippen LogP contribution in [0.2, 0.25) is 0 Å². The van der Waals surface area contributed by atoms with Crippen LogP contribution in [-0.2, 0) is 14.3 Å². The van der Waals surface area contributed by atoms with Crippen molar-refractivity contribution < 1.29 is 24.2 Å². The molecule has 0 bridgehead atoms. The molecule has 2 N–H and O–H groups in total. The quantitative estimate of drug-likeness (QED) is 0.539. The van der Waals surface area contributed by atoms with E-state index in [-0.39, 0.29) is 37.8 Å². The molecule has 182 valence electrons. The Bertz CT molecular complexity index is 1100. The number of alkyl carbamates (subject to hydrolysis) is 1. The second kappa shape index (κ2) is 11.3. The molecular weight excluding hydrogens is 466 g/mol. The SMILES string of the molecule is N#CCCCC(NC(=O)OCC1c2ccccc2-c2ccccc21)C(=O)N1CCSC(C(=O)O)C1. The number of carbonyl (C=O) groups is 3. The Kier molecular flexibility index (Phi) is 7.93. The number of rotatable bonds is 8. The number of nitrogens with one attached hydrogen (secondary N) is 1. The highest BCUT2D eigenvalue weighted by Crippen LogP contribution is 2.44. The molecule has 1 heterocycles. The van der Waals surface area contributed by atoms with Crippen molar-refractivity contribution in [2.45, 2.75) is 36.5 Å². The van der Waals surface area contributed by atoms with Crippen LogP contribution in [-0.4, -0.2) is 64.7 Å². The number of nitrogens with zero attached hydrogens (tertiary/aromatic N) is 2. The second-order valence-corrected chi connectivity index (χ2v) is 9.87. The Morgan fingerprint density at radius 2 is 1.80 bits per heavy atom. The van der Waals surface area contributed by atoms with Crippen LogP contribution in [0, 0.1) is 11.3 Å². The van der Waals surface area contributed by atoms with Gasteiger partial charge in [-0.2, -0.15) is 5.26 Å². The van der Waals surface area contributed by atoms with Crippen molar-refractivity contribution in [2.75, 3.05) is 25.4 Å². The largest absolute Gasteiger partial charge is 0.480 e. The number of amides is 2. The van der Waals surface area contributed by atoms with Crippen molar-refractivity contribution in [3.63, 3.8) is 0 Å². The topological polar surface area (TPSA) is 120 Å². The van der Waals surface area contributed by atoms with E-state index >= 15 is 0 Å². The molecule has 1 aliphatic carbocycles. The highest BCUT2D eigenvalue weighted by Gasteiger charge is 2.34. The summed E-state index contributed by atoms with van der Waals surface area (Å²) in [4.78, 5) is 38.8. The fourth-order valence-electron chi connectivity index (χ4n) is 4.64. The van der Waals surface area contributed by atoms with Gasteiger partial charge in [-0.05, 0) is 35.1 Å². The molecule has 0 aromatic heterocycles. The Labute approximate surface area is 208 Å². The number of carboxylic acids is 1. The first-order chi connectivity index (χ1) is 17.0. The smallest absolute Gasteiger partial charge is 0.407 e. The highest BCUT2D eigenvalue weighted by molar-refractivity contribution is 8.00. The molecular formula is C26H27N3O5S. The minimum Gasteiger partial charge on any atom is -0.480 e. The number of ether oxygens (including phenoxy) is 1. The number of unbranched alkanes of at least 4 members (excludes halogenated alkanes) is 1. The van der Waals surface area contributed by atoms with Crippen LogP contribution in [0.3, 0.4) is 0 Å².